The molecule has 1 fully saturated rings. The molecule has 0 aromatic rings. The highest BCUT2D eigenvalue weighted by molar-refractivity contribution is 5.73. The first-order valence-electron chi connectivity index (χ1n) is 5.53. The number of aliphatic hydroxyl groups is 3. The summed E-state index contributed by atoms with van der Waals surface area (Å²) < 4.78 is 9.85. The molecule has 0 amide bonds. The minimum atomic E-state index is -1.80. The summed E-state index contributed by atoms with van der Waals surface area (Å²) >= 11 is 0. The maximum Gasteiger partial charge on any atom is 0.335 e. The van der Waals surface area contributed by atoms with Crippen LogP contribution in [0.3, 0.4) is 0 Å². The molecule has 3 unspecified atom stereocenters. The van der Waals surface area contributed by atoms with Crippen molar-refractivity contribution in [2.75, 3.05) is 0 Å². The second-order valence-electron chi connectivity index (χ2n) is 4.28. The average Bonchev–Trinajstić information content (AvgIpc) is 2.28. The van der Waals surface area contributed by atoms with E-state index in [1.165, 1.54) is 6.92 Å². The van der Waals surface area contributed by atoms with Gasteiger partial charge in [-0.15, -0.1) is 0 Å². The molecule has 9 heteroatoms. The highest BCUT2D eigenvalue weighted by Gasteiger charge is 2.47. The Morgan fingerprint density at radius 1 is 1.16 bits per heavy atom. The van der Waals surface area contributed by atoms with E-state index in [2.05, 4.69) is 0 Å². The van der Waals surface area contributed by atoms with Crippen molar-refractivity contribution in [3.8, 4) is 0 Å². The molecule has 1 saturated heterocycles. The minimum absolute atomic E-state index is 0.386. The first-order valence-corrected chi connectivity index (χ1v) is 5.53. The number of rotatable bonds is 5. The highest BCUT2D eigenvalue weighted by Crippen LogP contribution is 2.23. The number of aliphatic hydroxyl groups excluding tert-OH is 3. The molecular formula is C10H16O9. The van der Waals surface area contributed by atoms with Crippen LogP contribution in [0.15, 0.2) is 0 Å². The molecule has 0 saturated carbocycles. The van der Waals surface area contributed by atoms with E-state index in [-0.39, 0.29) is 6.42 Å². The van der Waals surface area contributed by atoms with Gasteiger partial charge in [-0.25, -0.2) is 4.79 Å². The van der Waals surface area contributed by atoms with E-state index in [1.54, 1.807) is 0 Å². The lowest BCUT2D eigenvalue weighted by molar-refractivity contribution is -0.303. The quantitative estimate of drug-likeness (QED) is 0.376. The van der Waals surface area contributed by atoms with Gasteiger partial charge in [-0.05, 0) is 6.92 Å². The van der Waals surface area contributed by atoms with Gasteiger partial charge in [0.1, 0.15) is 18.3 Å². The molecule has 19 heavy (non-hydrogen) atoms. The second-order valence-corrected chi connectivity index (χ2v) is 4.28. The van der Waals surface area contributed by atoms with Crippen LogP contribution in [0.2, 0.25) is 0 Å². The molecule has 0 aromatic carbocycles. The SMILES string of the molecule is CC(CC(=O)O)O[C@H]1OC(C(=O)O)[C@@H](O)[C@H](O)C1O. The van der Waals surface area contributed by atoms with Gasteiger partial charge < -0.3 is 35.0 Å². The zero-order valence-corrected chi connectivity index (χ0v) is 10.0. The van der Waals surface area contributed by atoms with Gasteiger partial charge in [-0.2, -0.15) is 0 Å². The lowest BCUT2D eigenvalue weighted by Gasteiger charge is -2.39. The molecule has 0 radical (unpaired) electrons. The maximum atomic E-state index is 10.8. The monoisotopic (exact) mass is 280 g/mol. The Labute approximate surface area is 108 Å². The van der Waals surface area contributed by atoms with Gasteiger partial charge >= 0.3 is 11.9 Å². The fraction of sp³-hybridized carbons (Fsp3) is 0.800. The van der Waals surface area contributed by atoms with Crippen LogP contribution in [0.4, 0.5) is 0 Å². The van der Waals surface area contributed by atoms with Crippen LogP contribution in [0.25, 0.3) is 0 Å². The zero-order valence-electron chi connectivity index (χ0n) is 10.0. The van der Waals surface area contributed by atoms with Crippen molar-refractivity contribution in [2.45, 2.75) is 50.2 Å². The van der Waals surface area contributed by atoms with E-state index in [1.807, 2.05) is 0 Å². The van der Waals surface area contributed by atoms with Crippen LogP contribution < -0.4 is 0 Å². The van der Waals surface area contributed by atoms with E-state index in [4.69, 9.17) is 19.7 Å². The smallest absolute Gasteiger partial charge is 0.335 e. The summed E-state index contributed by atoms with van der Waals surface area (Å²) in [4.78, 5) is 21.3. The third-order valence-corrected chi connectivity index (χ3v) is 2.64. The maximum absolute atomic E-state index is 10.8. The largest absolute Gasteiger partial charge is 0.481 e. The normalized spacial score (nSPS) is 36.7. The first-order chi connectivity index (χ1) is 8.73. The Hall–Kier alpha value is -1.26. The van der Waals surface area contributed by atoms with Gasteiger partial charge in [0.05, 0.1) is 12.5 Å². The summed E-state index contributed by atoms with van der Waals surface area (Å²) in [5.74, 6) is -2.67. The molecule has 1 rings (SSSR count). The first kappa shape index (κ1) is 15.8. The van der Waals surface area contributed by atoms with Crippen LogP contribution in [0, 0.1) is 0 Å². The van der Waals surface area contributed by atoms with E-state index in [9.17, 15) is 24.9 Å². The lowest BCUT2D eigenvalue weighted by atomic mass is 9.99. The van der Waals surface area contributed by atoms with Crippen molar-refractivity contribution in [3.05, 3.63) is 0 Å². The van der Waals surface area contributed by atoms with Crippen LogP contribution in [-0.4, -0.2) is 74.3 Å². The van der Waals surface area contributed by atoms with E-state index in [0.717, 1.165) is 0 Å². The molecular weight excluding hydrogens is 264 g/mol. The molecule has 0 aliphatic carbocycles. The van der Waals surface area contributed by atoms with Crippen LogP contribution in [0.5, 0.6) is 0 Å². The van der Waals surface area contributed by atoms with Crippen molar-refractivity contribution in [1.82, 2.24) is 0 Å². The van der Waals surface area contributed by atoms with Crippen molar-refractivity contribution in [1.29, 1.82) is 0 Å². The summed E-state index contributed by atoms with van der Waals surface area (Å²) in [6.45, 7) is 1.39. The summed E-state index contributed by atoms with van der Waals surface area (Å²) in [5, 5.41) is 45.8. The van der Waals surface area contributed by atoms with Crippen molar-refractivity contribution < 1.29 is 44.6 Å². The van der Waals surface area contributed by atoms with Crippen LogP contribution in [0.1, 0.15) is 13.3 Å². The van der Waals surface area contributed by atoms with Gasteiger partial charge in [0.25, 0.3) is 0 Å². The third-order valence-electron chi connectivity index (χ3n) is 2.64. The lowest BCUT2D eigenvalue weighted by Crippen LogP contribution is -2.60. The van der Waals surface area contributed by atoms with E-state index in [0.29, 0.717) is 0 Å². The molecule has 0 spiro atoms. The van der Waals surface area contributed by atoms with Crippen molar-refractivity contribution in [2.24, 2.45) is 0 Å². The molecule has 1 aliphatic heterocycles. The Kier molecular flexibility index (Phi) is 5.20. The topological polar surface area (TPSA) is 154 Å². The summed E-state index contributed by atoms with van der Waals surface area (Å²) in [7, 11) is 0. The molecule has 0 bridgehead atoms. The average molecular weight is 280 g/mol. The molecule has 0 aromatic heterocycles. The predicted octanol–water partition coefficient (Wildman–Crippen LogP) is -2.24. The number of carboxylic acids is 2. The zero-order chi connectivity index (χ0) is 14.7. The molecule has 6 atom stereocenters. The molecule has 5 N–H and O–H groups in total. The van der Waals surface area contributed by atoms with E-state index < -0.39 is 48.7 Å². The van der Waals surface area contributed by atoms with Gasteiger partial charge in [-0.3, -0.25) is 4.79 Å². The number of carboxylic acid groups (broad SMARTS) is 2. The van der Waals surface area contributed by atoms with Gasteiger partial charge in [-0.1, -0.05) is 0 Å². The van der Waals surface area contributed by atoms with Crippen molar-refractivity contribution in [3.63, 3.8) is 0 Å². The molecule has 1 heterocycles. The Morgan fingerprint density at radius 3 is 2.21 bits per heavy atom. The summed E-state index contributed by atoms with van der Waals surface area (Å²) in [6, 6.07) is 0. The number of carbonyl (C=O) groups is 2. The summed E-state index contributed by atoms with van der Waals surface area (Å²) in [6.07, 6.45) is -9.80. The molecule has 110 valence electrons. The van der Waals surface area contributed by atoms with Crippen LogP contribution >= 0.6 is 0 Å². The summed E-state index contributed by atoms with van der Waals surface area (Å²) in [5.41, 5.74) is 0. The van der Waals surface area contributed by atoms with Gasteiger partial charge in [0.2, 0.25) is 0 Å². The third kappa shape index (κ3) is 3.85. The molecule has 9 nitrogen and oxygen atoms in total. The molecule has 1 aliphatic rings. The second kappa shape index (κ2) is 6.26. The van der Waals surface area contributed by atoms with Crippen LogP contribution in [-0.2, 0) is 19.1 Å². The van der Waals surface area contributed by atoms with Gasteiger partial charge in [0.15, 0.2) is 12.4 Å². The fourth-order valence-corrected chi connectivity index (χ4v) is 1.69. The standard InChI is InChI=1S/C10H16O9/c1-3(2-4(11)12)18-10-7(15)5(13)6(14)8(19-10)9(16)17/h3,5-8,10,13-15H,2H2,1H3,(H,11,12)(H,16,17)/t3?,5-,6-,7?,8?,10-/m0/s1. The highest BCUT2D eigenvalue weighted by atomic mass is 16.7. The number of aliphatic carboxylic acids is 2. The van der Waals surface area contributed by atoms with Gasteiger partial charge in [0, 0.05) is 0 Å². The van der Waals surface area contributed by atoms with Crippen molar-refractivity contribution >= 4 is 11.9 Å². The predicted molar refractivity (Wildman–Crippen MR) is 57.1 cm³/mol. The number of hydrogen-bond acceptors (Lipinski definition) is 7. The minimum Gasteiger partial charge on any atom is -0.481 e. The van der Waals surface area contributed by atoms with E-state index >= 15 is 0 Å². The fourth-order valence-electron chi connectivity index (χ4n) is 1.69. The Morgan fingerprint density at radius 2 is 1.74 bits per heavy atom. The number of ether oxygens (including phenoxy) is 2. The Balaban J connectivity index is 2.71. The Bertz CT molecular complexity index is 344. The number of hydrogen-bond donors (Lipinski definition) is 5.